The van der Waals surface area contributed by atoms with Crippen molar-refractivity contribution >= 4 is 11.8 Å². The third kappa shape index (κ3) is 5.70. The standard InChI is InChI=1S/C24H19F2N3O4/c25-18-7-3-16(4-8-18)13-27-23(30)22-12-21(33-28-22)15-29(14-20-2-1-11-32-20)24(31)17-5-9-19(26)10-6-17/h1-12H,13-15H2,(H,27,30). The van der Waals surface area contributed by atoms with E-state index >= 15 is 0 Å². The Bertz CT molecular complexity index is 1220. The summed E-state index contributed by atoms with van der Waals surface area (Å²) in [4.78, 5) is 26.8. The average Bonchev–Trinajstić information content (AvgIpc) is 3.50. The molecule has 7 nitrogen and oxygen atoms in total. The third-order valence-electron chi connectivity index (χ3n) is 4.81. The molecule has 0 aliphatic carbocycles. The van der Waals surface area contributed by atoms with Crippen molar-refractivity contribution in [2.24, 2.45) is 0 Å². The quantitative estimate of drug-likeness (QED) is 0.431. The van der Waals surface area contributed by atoms with Crippen molar-refractivity contribution in [1.82, 2.24) is 15.4 Å². The molecule has 0 saturated heterocycles. The third-order valence-corrected chi connectivity index (χ3v) is 4.81. The fourth-order valence-corrected chi connectivity index (χ4v) is 3.12. The predicted octanol–water partition coefficient (Wildman–Crippen LogP) is 4.32. The number of hydrogen-bond donors (Lipinski definition) is 1. The van der Waals surface area contributed by atoms with Crippen LogP contribution in [0.3, 0.4) is 0 Å². The minimum absolute atomic E-state index is 0.00908. The fourth-order valence-electron chi connectivity index (χ4n) is 3.12. The van der Waals surface area contributed by atoms with Crippen LogP contribution in [-0.4, -0.2) is 21.9 Å². The van der Waals surface area contributed by atoms with Crippen molar-refractivity contribution in [1.29, 1.82) is 0 Å². The largest absolute Gasteiger partial charge is 0.467 e. The van der Waals surface area contributed by atoms with Gasteiger partial charge in [0.2, 0.25) is 0 Å². The van der Waals surface area contributed by atoms with E-state index in [1.807, 2.05) is 0 Å². The second-order valence-electron chi connectivity index (χ2n) is 7.24. The van der Waals surface area contributed by atoms with Crippen LogP contribution in [0, 0.1) is 11.6 Å². The van der Waals surface area contributed by atoms with Crippen LogP contribution in [0.5, 0.6) is 0 Å². The van der Waals surface area contributed by atoms with Gasteiger partial charge in [0.25, 0.3) is 11.8 Å². The molecule has 0 spiro atoms. The van der Waals surface area contributed by atoms with Crippen LogP contribution in [0.15, 0.2) is 81.9 Å². The number of furan rings is 1. The SMILES string of the molecule is O=C(NCc1ccc(F)cc1)c1cc(CN(Cc2ccco2)C(=O)c2ccc(F)cc2)on1. The predicted molar refractivity (Wildman–Crippen MR) is 113 cm³/mol. The van der Waals surface area contributed by atoms with E-state index in [4.69, 9.17) is 8.94 Å². The maximum atomic E-state index is 13.3. The molecule has 0 atom stereocenters. The van der Waals surface area contributed by atoms with Crippen LogP contribution in [0.2, 0.25) is 0 Å². The highest BCUT2D eigenvalue weighted by atomic mass is 19.1. The first-order chi connectivity index (χ1) is 16.0. The Morgan fingerprint density at radius 2 is 1.58 bits per heavy atom. The Kier molecular flexibility index (Phi) is 6.58. The molecule has 2 aromatic carbocycles. The smallest absolute Gasteiger partial charge is 0.273 e. The van der Waals surface area contributed by atoms with Gasteiger partial charge in [-0.3, -0.25) is 9.59 Å². The molecule has 4 rings (SSSR count). The van der Waals surface area contributed by atoms with E-state index in [1.165, 1.54) is 53.6 Å². The number of hydrogen-bond acceptors (Lipinski definition) is 5. The van der Waals surface area contributed by atoms with Crippen LogP contribution in [0.4, 0.5) is 8.78 Å². The lowest BCUT2D eigenvalue weighted by atomic mass is 10.2. The molecular weight excluding hydrogens is 432 g/mol. The number of halogens is 2. The van der Waals surface area contributed by atoms with E-state index < -0.39 is 11.7 Å². The monoisotopic (exact) mass is 451 g/mol. The summed E-state index contributed by atoms with van der Waals surface area (Å²) in [6, 6.07) is 15.8. The van der Waals surface area contributed by atoms with Crippen molar-refractivity contribution in [2.75, 3.05) is 0 Å². The summed E-state index contributed by atoms with van der Waals surface area (Å²) >= 11 is 0. The molecule has 2 amide bonds. The first-order valence-corrected chi connectivity index (χ1v) is 10.0. The summed E-state index contributed by atoms with van der Waals surface area (Å²) in [5, 5.41) is 6.45. The average molecular weight is 451 g/mol. The zero-order chi connectivity index (χ0) is 23.2. The normalized spacial score (nSPS) is 10.7. The topological polar surface area (TPSA) is 88.6 Å². The first kappa shape index (κ1) is 21.9. The van der Waals surface area contributed by atoms with Crippen molar-refractivity contribution in [3.63, 3.8) is 0 Å². The van der Waals surface area contributed by atoms with Crippen LogP contribution in [-0.2, 0) is 19.6 Å². The van der Waals surface area contributed by atoms with Crippen molar-refractivity contribution < 1.29 is 27.3 Å². The Labute approximate surface area is 187 Å². The molecule has 0 saturated carbocycles. The Balaban J connectivity index is 1.44. The zero-order valence-electron chi connectivity index (χ0n) is 17.3. The second-order valence-corrected chi connectivity index (χ2v) is 7.24. The van der Waals surface area contributed by atoms with Crippen LogP contribution in [0.25, 0.3) is 0 Å². The summed E-state index contributed by atoms with van der Waals surface area (Å²) in [7, 11) is 0. The van der Waals surface area contributed by atoms with Crippen molar-refractivity contribution in [2.45, 2.75) is 19.6 Å². The molecule has 9 heteroatoms. The number of carbonyl (C=O) groups is 2. The van der Waals surface area contributed by atoms with Crippen molar-refractivity contribution in [3.8, 4) is 0 Å². The van der Waals surface area contributed by atoms with Gasteiger partial charge in [0, 0.05) is 18.2 Å². The number of aromatic nitrogens is 1. The van der Waals surface area contributed by atoms with Gasteiger partial charge in [-0.2, -0.15) is 0 Å². The summed E-state index contributed by atoms with van der Waals surface area (Å²) in [6.45, 7) is 0.333. The fraction of sp³-hybridized carbons (Fsp3) is 0.125. The number of rotatable bonds is 8. The van der Waals surface area contributed by atoms with Gasteiger partial charge in [-0.1, -0.05) is 17.3 Å². The van der Waals surface area contributed by atoms with Gasteiger partial charge in [-0.25, -0.2) is 8.78 Å². The highest BCUT2D eigenvalue weighted by molar-refractivity contribution is 5.94. The highest BCUT2D eigenvalue weighted by Gasteiger charge is 2.21. The number of amides is 2. The number of nitrogens with one attached hydrogen (secondary N) is 1. The molecule has 33 heavy (non-hydrogen) atoms. The Morgan fingerprint density at radius 1 is 0.909 bits per heavy atom. The van der Waals surface area contributed by atoms with Gasteiger partial charge in [-0.05, 0) is 54.1 Å². The Hall–Kier alpha value is -4.27. The van der Waals surface area contributed by atoms with E-state index in [1.54, 1.807) is 24.3 Å². The van der Waals surface area contributed by atoms with E-state index in [-0.39, 0.29) is 42.8 Å². The van der Waals surface area contributed by atoms with Gasteiger partial charge >= 0.3 is 0 Å². The first-order valence-electron chi connectivity index (χ1n) is 10.0. The summed E-state index contributed by atoms with van der Waals surface area (Å²) in [6.07, 6.45) is 1.49. The molecule has 168 valence electrons. The molecule has 4 aromatic rings. The van der Waals surface area contributed by atoms with Gasteiger partial charge in [0.1, 0.15) is 17.4 Å². The molecule has 1 N–H and O–H groups in total. The van der Waals surface area contributed by atoms with E-state index in [0.29, 0.717) is 11.3 Å². The molecule has 0 aliphatic heterocycles. The molecule has 0 aliphatic rings. The molecule has 0 radical (unpaired) electrons. The maximum absolute atomic E-state index is 13.3. The summed E-state index contributed by atoms with van der Waals surface area (Å²) in [5.74, 6) is -0.829. The summed E-state index contributed by atoms with van der Waals surface area (Å²) < 4.78 is 36.9. The second kappa shape index (κ2) is 9.90. The molecule has 0 fully saturated rings. The molecule has 0 unspecified atom stereocenters. The molecular formula is C24H19F2N3O4. The van der Waals surface area contributed by atoms with Gasteiger partial charge in [-0.15, -0.1) is 0 Å². The van der Waals surface area contributed by atoms with Gasteiger partial charge < -0.3 is 19.2 Å². The number of carbonyl (C=O) groups excluding carboxylic acids is 2. The van der Waals surface area contributed by atoms with E-state index in [0.717, 1.165) is 5.56 Å². The van der Waals surface area contributed by atoms with Crippen molar-refractivity contribution in [3.05, 3.63) is 113 Å². The highest BCUT2D eigenvalue weighted by Crippen LogP contribution is 2.16. The minimum atomic E-state index is -0.475. The van der Waals surface area contributed by atoms with Crippen LogP contribution >= 0.6 is 0 Å². The van der Waals surface area contributed by atoms with E-state index in [9.17, 15) is 18.4 Å². The lowest BCUT2D eigenvalue weighted by Gasteiger charge is -2.20. The zero-order valence-corrected chi connectivity index (χ0v) is 17.3. The number of nitrogens with zero attached hydrogens (tertiary/aromatic N) is 2. The lowest BCUT2D eigenvalue weighted by Crippen LogP contribution is -2.30. The maximum Gasteiger partial charge on any atom is 0.273 e. The molecule has 0 bridgehead atoms. The van der Waals surface area contributed by atoms with Crippen LogP contribution < -0.4 is 5.32 Å². The van der Waals surface area contributed by atoms with Crippen LogP contribution in [0.1, 0.15) is 37.9 Å². The Morgan fingerprint density at radius 3 is 2.24 bits per heavy atom. The number of benzene rings is 2. The molecule has 2 heterocycles. The molecule has 2 aromatic heterocycles. The summed E-state index contributed by atoms with van der Waals surface area (Å²) in [5.41, 5.74) is 1.06. The van der Waals surface area contributed by atoms with E-state index in [2.05, 4.69) is 10.5 Å². The lowest BCUT2D eigenvalue weighted by molar-refractivity contribution is 0.0700. The van der Waals surface area contributed by atoms with Gasteiger partial charge in [0.15, 0.2) is 11.5 Å². The minimum Gasteiger partial charge on any atom is -0.467 e. The van der Waals surface area contributed by atoms with Gasteiger partial charge in [0.05, 0.1) is 19.4 Å².